The van der Waals surface area contributed by atoms with E-state index in [0.29, 0.717) is 18.5 Å². The van der Waals surface area contributed by atoms with Crippen molar-refractivity contribution in [2.45, 2.75) is 32.9 Å². The van der Waals surface area contributed by atoms with Crippen LogP contribution in [0.2, 0.25) is 0 Å². The molecule has 104 valence electrons. The number of carbonyl (C=O) groups excluding carboxylic acids is 2. The smallest absolute Gasteiger partial charge is 0.243 e. The van der Waals surface area contributed by atoms with Gasteiger partial charge in [-0.05, 0) is 36.6 Å². The van der Waals surface area contributed by atoms with Gasteiger partial charge in [-0.3, -0.25) is 19.8 Å². The number of piperazine rings is 1. The third kappa shape index (κ3) is 2.86. The first-order valence-corrected chi connectivity index (χ1v) is 6.62. The maximum atomic E-state index is 11.8. The van der Waals surface area contributed by atoms with E-state index in [-0.39, 0.29) is 24.4 Å². The zero-order chi connectivity index (χ0) is 14.7. The van der Waals surface area contributed by atoms with E-state index in [1.807, 2.05) is 30.9 Å². The highest BCUT2D eigenvalue weighted by Crippen LogP contribution is 2.17. The molecule has 1 aliphatic rings. The summed E-state index contributed by atoms with van der Waals surface area (Å²) in [6, 6.07) is 7.29. The van der Waals surface area contributed by atoms with Crippen LogP contribution < -0.4 is 5.32 Å². The maximum absolute atomic E-state index is 11.8. The van der Waals surface area contributed by atoms with E-state index < -0.39 is 0 Å². The Balaban J connectivity index is 2.21. The van der Waals surface area contributed by atoms with E-state index >= 15 is 0 Å². The van der Waals surface area contributed by atoms with Gasteiger partial charge in [-0.2, -0.15) is 5.26 Å². The summed E-state index contributed by atoms with van der Waals surface area (Å²) in [5.41, 5.74) is 2.65. The van der Waals surface area contributed by atoms with Crippen molar-refractivity contribution in [1.29, 1.82) is 5.26 Å². The summed E-state index contributed by atoms with van der Waals surface area (Å²) in [6.07, 6.45) is 0.661. The maximum Gasteiger partial charge on any atom is 0.243 e. The second-order valence-corrected chi connectivity index (χ2v) is 4.99. The monoisotopic (exact) mass is 271 g/mol. The lowest BCUT2D eigenvalue weighted by molar-refractivity contribution is -0.140. The number of nitrogens with one attached hydrogen (secondary N) is 1. The largest absolute Gasteiger partial charge is 0.294 e. The summed E-state index contributed by atoms with van der Waals surface area (Å²) in [7, 11) is 0. The number of imide groups is 1. The van der Waals surface area contributed by atoms with Crippen LogP contribution in [0.15, 0.2) is 18.2 Å². The summed E-state index contributed by atoms with van der Waals surface area (Å²) in [6.45, 7) is 4.63. The van der Waals surface area contributed by atoms with Gasteiger partial charge in [0.2, 0.25) is 11.8 Å². The summed E-state index contributed by atoms with van der Waals surface area (Å²) in [4.78, 5) is 25.2. The van der Waals surface area contributed by atoms with Crippen LogP contribution in [0, 0.1) is 18.3 Å². The lowest BCUT2D eigenvalue weighted by Gasteiger charge is -2.33. The molecule has 20 heavy (non-hydrogen) atoms. The summed E-state index contributed by atoms with van der Waals surface area (Å²) >= 11 is 0. The quantitative estimate of drug-likeness (QED) is 0.836. The Kier molecular flexibility index (Phi) is 4.16. The van der Waals surface area contributed by atoms with Crippen molar-refractivity contribution in [1.82, 2.24) is 10.2 Å². The third-order valence-electron chi connectivity index (χ3n) is 3.58. The lowest BCUT2D eigenvalue weighted by Crippen LogP contribution is -2.57. The molecule has 1 aliphatic heterocycles. The second kappa shape index (κ2) is 5.85. The molecule has 1 saturated heterocycles. The number of nitrogens with zero attached hydrogens (tertiary/aromatic N) is 2. The Bertz CT molecular complexity index is 589. The van der Waals surface area contributed by atoms with Gasteiger partial charge in [-0.15, -0.1) is 0 Å². The number of hydrogen-bond acceptors (Lipinski definition) is 4. The van der Waals surface area contributed by atoms with Gasteiger partial charge in [0.05, 0.1) is 24.2 Å². The molecule has 1 atom stereocenters. The first-order chi connectivity index (χ1) is 9.55. The van der Waals surface area contributed by atoms with E-state index in [0.717, 1.165) is 11.1 Å². The zero-order valence-electron chi connectivity index (χ0n) is 11.6. The molecule has 0 aliphatic carbocycles. The van der Waals surface area contributed by atoms with Crippen molar-refractivity contribution >= 4 is 11.8 Å². The van der Waals surface area contributed by atoms with Gasteiger partial charge < -0.3 is 0 Å². The number of amides is 2. The number of benzene rings is 1. The van der Waals surface area contributed by atoms with Gasteiger partial charge in [0, 0.05) is 6.54 Å². The molecule has 0 aromatic heterocycles. The first-order valence-electron chi connectivity index (χ1n) is 6.62. The normalized spacial score (nSPS) is 19.6. The third-order valence-corrected chi connectivity index (χ3v) is 3.58. The topological polar surface area (TPSA) is 73.2 Å². The molecule has 2 amide bonds. The predicted octanol–water partition coefficient (Wildman–Crippen LogP) is 1.10. The number of rotatable bonds is 3. The molecular weight excluding hydrogens is 254 g/mol. The molecule has 0 saturated carbocycles. The Morgan fingerprint density at radius 2 is 2.20 bits per heavy atom. The van der Waals surface area contributed by atoms with Crippen molar-refractivity contribution < 1.29 is 9.59 Å². The number of carbonyl (C=O) groups is 2. The summed E-state index contributed by atoms with van der Waals surface area (Å²) < 4.78 is 0. The minimum atomic E-state index is -0.275. The fraction of sp³-hybridized carbons (Fsp3) is 0.400. The molecule has 1 heterocycles. The summed E-state index contributed by atoms with van der Waals surface area (Å²) in [5.74, 6) is -0.485. The van der Waals surface area contributed by atoms with Crippen LogP contribution in [0.4, 0.5) is 0 Å². The van der Waals surface area contributed by atoms with Gasteiger partial charge in [-0.1, -0.05) is 13.0 Å². The van der Waals surface area contributed by atoms with Crippen LogP contribution in [-0.4, -0.2) is 29.3 Å². The minimum Gasteiger partial charge on any atom is -0.294 e. The minimum absolute atomic E-state index is 0.226. The first kappa shape index (κ1) is 14.2. The molecule has 1 N–H and O–H groups in total. The van der Waals surface area contributed by atoms with Crippen molar-refractivity contribution in [2.75, 3.05) is 6.54 Å². The predicted molar refractivity (Wildman–Crippen MR) is 73.5 cm³/mol. The van der Waals surface area contributed by atoms with Gasteiger partial charge >= 0.3 is 0 Å². The molecule has 0 spiro atoms. The van der Waals surface area contributed by atoms with E-state index in [1.165, 1.54) is 0 Å². The highest BCUT2D eigenvalue weighted by molar-refractivity contribution is 6.01. The average Bonchev–Trinajstić information content (AvgIpc) is 2.40. The zero-order valence-corrected chi connectivity index (χ0v) is 11.6. The molecule has 5 heteroatoms. The van der Waals surface area contributed by atoms with Crippen LogP contribution in [-0.2, 0) is 16.1 Å². The van der Waals surface area contributed by atoms with Crippen molar-refractivity contribution in [3.8, 4) is 6.07 Å². The Morgan fingerprint density at radius 1 is 1.45 bits per heavy atom. The molecular formula is C15H17N3O2. The highest BCUT2D eigenvalue weighted by Gasteiger charge is 2.32. The van der Waals surface area contributed by atoms with E-state index in [4.69, 9.17) is 5.26 Å². The molecule has 0 bridgehead atoms. The number of aryl methyl sites for hydroxylation is 1. The fourth-order valence-corrected chi connectivity index (χ4v) is 2.49. The van der Waals surface area contributed by atoms with Crippen LogP contribution in [0.5, 0.6) is 0 Å². The van der Waals surface area contributed by atoms with Crippen LogP contribution in [0.1, 0.15) is 30.0 Å². The Hall–Kier alpha value is -2.19. The van der Waals surface area contributed by atoms with E-state index in [1.54, 1.807) is 6.07 Å². The van der Waals surface area contributed by atoms with E-state index in [9.17, 15) is 9.59 Å². The summed E-state index contributed by atoms with van der Waals surface area (Å²) in [5, 5.41) is 11.2. The van der Waals surface area contributed by atoms with Crippen molar-refractivity contribution in [3.05, 3.63) is 34.9 Å². The molecule has 1 unspecified atom stereocenters. The van der Waals surface area contributed by atoms with Gasteiger partial charge in [0.25, 0.3) is 0 Å². The second-order valence-electron chi connectivity index (χ2n) is 4.99. The van der Waals surface area contributed by atoms with Gasteiger partial charge in [-0.25, -0.2) is 0 Å². The van der Waals surface area contributed by atoms with E-state index in [2.05, 4.69) is 11.4 Å². The Labute approximate surface area is 118 Å². The average molecular weight is 271 g/mol. The lowest BCUT2D eigenvalue weighted by atomic mass is 10.0. The van der Waals surface area contributed by atoms with Crippen LogP contribution >= 0.6 is 0 Å². The SMILES string of the molecule is CCC1C(=O)NC(=O)CN1Cc1ccc(C#N)cc1C. The highest BCUT2D eigenvalue weighted by atomic mass is 16.2. The van der Waals surface area contributed by atoms with Gasteiger partial charge in [0.1, 0.15) is 0 Å². The number of nitriles is 1. The molecule has 0 radical (unpaired) electrons. The molecule has 5 nitrogen and oxygen atoms in total. The van der Waals surface area contributed by atoms with Crippen LogP contribution in [0.25, 0.3) is 0 Å². The van der Waals surface area contributed by atoms with Crippen LogP contribution in [0.3, 0.4) is 0 Å². The number of hydrogen-bond donors (Lipinski definition) is 1. The van der Waals surface area contributed by atoms with Crippen molar-refractivity contribution in [2.24, 2.45) is 0 Å². The molecule has 1 fully saturated rings. The molecule has 2 rings (SSSR count). The Morgan fingerprint density at radius 3 is 2.80 bits per heavy atom. The standard InChI is InChI=1S/C15H17N3O2/c1-3-13-15(20)17-14(19)9-18(13)8-12-5-4-11(7-16)6-10(12)2/h4-6,13H,3,8-9H2,1-2H3,(H,17,19,20). The fourth-order valence-electron chi connectivity index (χ4n) is 2.49. The van der Waals surface area contributed by atoms with Crippen molar-refractivity contribution in [3.63, 3.8) is 0 Å². The molecule has 1 aromatic carbocycles. The van der Waals surface area contributed by atoms with Gasteiger partial charge in [0.15, 0.2) is 0 Å². The molecule has 1 aromatic rings.